The normalized spacial score (nSPS) is 19.6. The molecule has 24 heavy (non-hydrogen) atoms. The van der Waals surface area contributed by atoms with Crippen LogP contribution in [0.25, 0.3) is 0 Å². The zero-order chi connectivity index (χ0) is 17.4. The number of anilines is 1. The van der Waals surface area contributed by atoms with E-state index in [9.17, 15) is 0 Å². The van der Waals surface area contributed by atoms with Crippen molar-refractivity contribution in [3.8, 4) is 0 Å². The Kier molecular flexibility index (Phi) is 7.37. The van der Waals surface area contributed by atoms with Gasteiger partial charge in [-0.25, -0.2) is 0 Å². The van der Waals surface area contributed by atoms with Gasteiger partial charge in [0, 0.05) is 44.5 Å². The van der Waals surface area contributed by atoms with Crippen LogP contribution in [0, 0.1) is 0 Å². The summed E-state index contributed by atoms with van der Waals surface area (Å²) in [6.45, 7) is 11.9. The summed E-state index contributed by atoms with van der Waals surface area (Å²) in [6, 6.07) is 11.6. The SMILES string of the molecule is CCN(CC)C(C)CNC(=NC)NC1CCN(c2ccccc2)C1. The van der Waals surface area contributed by atoms with E-state index in [0.29, 0.717) is 12.1 Å². The van der Waals surface area contributed by atoms with Gasteiger partial charge in [0.15, 0.2) is 5.96 Å². The molecule has 5 heteroatoms. The van der Waals surface area contributed by atoms with Gasteiger partial charge in [-0.2, -0.15) is 0 Å². The minimum absolute atomic E-state index is 0.445. The predicted octanol–water partition coefficient (Wildman–Crippen LogP) is 2.16. The number of hydrogen-bond donors (Lipinski definition) is 2. The van der Waals surface area contributed by atoms with Gasteiger partial charge in [-0.3, -0.25) is 9.89 Å². The summed E-state index contributed by atoms with van der Waals surface area (Å²) < 4.78 is 0. The smallest absolute Gasteiger partial charge is 0.191 e. The first-order chi connectivity index (χ1) is 11.7. The molecule has 1 aliphatic rings. The van der Waals surface area contributed by atoms with Crippen molar-refractivity contribution < 1.29 is 0 Å². The fraction of sp³-hybridized carbons (Fsp3) is 0.632. The Morgan fingerprint density at radius 3 is 2.62 bits per heavy atom. The van der Waals surface area contributed by atoms with Crippen LogP contribution in [-0.2, 0) is 0 Å². The lowest BCUT2D eigenvalue weighted by Crippen LogP contribution is -2.49. The zero-order valence-corrected chi connectivity index (χ0v) is 15.6. The van der Waals surface area contributed by atoms with Crippen molar-refractivity contribution in [2.24, 2.45) is 4.99 Å². The van der Waals surface area contributed by atoms with Gasteiger partial charge in [-0.15, -0.1) is 0 Å². The second kappa shape index (κ2) is 9.52. The Bertz CT molecular complexity index is 498. The largest absolute Gasteiger partial charge is 0.369 e. The summed E-state index contributed by atoms with van der Waals surface area (Å²) in [5.74, 6) is 0.911. The van der Waals surface area contributed by atoms with Crippen LogP contribution in [0.4, 0.5) is 5.69 Å². The maximum Gasteiger partial charge on any atom is 0.191 e. The van der Waals surface area contributed by atoms with Gasteiger partial charge in [0.2, 0.25) is 0 Å². The van der Waals surface area contributed by atoms with E-state index in [1.807, 2.05) is 7.05 Å². The van der Waals surface area contributed by atoms with Crippen LogP contribution >= 0.6 is 0 Å². The first-order valence-electron chi connectivity index (χ1n) is 9.19. The van der Waals surface area contributed by atoms with Crippen LogP contribution in [-0.4, -0.2) is 62.7 Å². The average molecular weight is 332 g/mol. The molecule has 0 radical (unpaired) electrons. The number of para-hydroxylation sites is 1. The van der Waals surface area contributed by atoms with E-state index < -0.39 is 0 Å². The summed E-state index contributed by atoms with van der Waals surface area (Å²) >= 11 is 0. The molecular weight excluding hydrogens is 298 g/mol. The van der Waals surface area contributed by atoms with Crippen LogP contribution in [0.3, 0.4) is 0 Å². The van der Waals surface area contributed by atoms with E-state index in [1.54, 1.807) is 0 Å². The molecule has 2 rings (SSSR count). The van der Waals surface area contributed by atoms with Crippen LogP contribution in [0.15, 0.2) is 35.3 Å². The van der Waals surface area contributed by atoms with Gasteiger partial charge in [-0.1, -0.05) is 32.0 Å². The van der Waals surface area contributed by atoms with E-state index in [0.717, 1.165) is 45.1 Å². The molecule has 1 aromatic rings. The van der Waals surface area contributed by atoms with E-state index in [-0.39, 0.29) is 0 Å². The van der Waals surface area contributed by atoms with Crippen LogP contribution in [0.1, 0.15) is 27.2 Å². The molecule has 0 aromatic heterocycles. The van der Waals surface area contributed by atoms with Gasteiger partial charge < -0.3 is 15.5 Å². The topological polar surface area (TPSA) is 42.9 Å². The van der Waals surface area contributed by atoms with Gasteiger partial charge in [-0.05, 0) is 38.6 Å². The summed E-state index contributed by atoms with van der Waals surface area (Å²) in [4.78, 5) is 9.28. The summed E-state index contributed by atoms with van der Waals surface area (Å²) in [7, 11) is 1.85. The summed E-state index contributed by atoms with van der Waals surface area (Å²) in [5, 5.41) is 7.05. The minimum atomic E-state index is 0.445. The van der Waals surface area contributed by atoms with Crippen LogP contribution < -0.4 is 15.5 Å². The highest BCUT2D eigenvalue weighted by molar-refractivity contribution is 5.80. The molecule has 2 N–H and O–H groups in total. The third kappa shape index (κ3) is 5.13. The molecule has 0 spiro atoms. The van der Waals surface area contributed by atoms with Crippen molar-refractivity contribution in [2.45, 2.75) is 39.3 Å². The highest BCUT2D eigenvalue weighted by Gasteiger charge is 2.23. The van der Waals surface area contributed by atoms with Crippen LogP contribution in [0.2, 0.25) is 0 Å². The number of rotatable bonds is 7. The molecule has 0 aliphatic carbocycles. The van der Waals surface area contributed by atoms with Crippen LogP contribution in [0.5, 0.6) is 0 Å². The molecule has 134 valence electrons. The second-order valence-electron chi connectivity index (χ2n) is 6.43. The molecule has 1 saturated heterocycles. The Labute approximate surface area is 147 Å². The molecule has 0 bridgehead atoms. The molecule has 1 heterocycles. The van der Waals surface area contributed by atoms with E-state index in [1.165, 1.54) is 5.69 Å². The molecule has 2 unspecified atom stereocenters. The first kappa shape index (κ1) is 18.6. The highest BCUT2D eigenvalue weighted by Crippen LogP contribution is 2.19. The van der Waals surface area contributed by atoms with Crippen molar-refractivity contribution in [3.05, 3.63) is 30.3 Å². The standard InChI is InChI=1S/C19H33N5/c1-5-23(6-2)16(3)14-21-19(20-4)22-17-12-13-24(15-17)18-10-8-7-9-11-18/h7-11,16-17H,5-6,12-15H2,1-4H3,(H2,20,21,22). The molecule has 1 fully saturated rings. The third-order valence-corrected chi connectivity index (χ3v) is 4.87. The lowest BCUT2D eigenvalue weighted by atomic mass is 10.2. The van der Waals surface area contributed by atoms with Crippen molar-refractivity contribution in [1.82, 2.24) is 15.5 Å². The number of likely N-dealkylation sites (N-methyl/N-ethyl adjacent to an activating group) is 1. The second-order valence-corrected chi connectivity index (χ2v) is 6.43. The maximum absolute atomic E-state index is 4.39. The van der Waals surface area contributed by atoms with Gasteiger partial charge >= 0.3 is 0 Å². The quantitative estimate of drug-likeness (QED) is 0.594. The molecule has 1 aliphatic heterocycles. The average Bonchev–Trinajstić information content (AvgIpc) is 3.09. The summed E-state index contributed by atoms with van der Waals surface area (Å²) in [6.07, 6.45) is 1.14. The molecule has 2 atom stereocenters. The van der Waals surface area contributed by atoms with Crippen molar-refractivity contribution >= 4 is 11.6 Å². The number of nitrogens with one attached hydrogen (secondary N) is 2. The molecule has 1 aromatic carbocycles. The Balaban J connectivity index is 1.79. The fourth-order valence-corrected chi connectivity index (χ4v) is 3.36. The number of hydrogen-bond acceptors (Lipinski definition) is 3. The van der Waals surface area contributed by atoms with Gasteiger partial charge in [0.1, 0.15) is 0 Å². The Morgan fingerprint density at radius 2 is 2.00 bits per heavy atom. The maximum atomic E-state index is 4.39. The van der Waals surface area contributed by atoms with E-state index >= 15 is 0 Å². The van der Waals surface area contributed by atoms with Crippen molar-refractivity contribution in [2.75, 3.05) is 44.7 Å². The van der Waals surface area contributed by atoms with E-state index in [4.69, 9.17) is 0 Å². The number of nitrogens with zero attached hydrogens (tertiary/aromatic N) is 3. The lowest BCUT2D eigenvalue weighted by Gasteiger charge is -2.27. The predicted molar refractivity (Wildman–Crippen MR) is 104 cm³/mol. The van der Waals surface area contributed by atoms with Crippen molar-refractivity contribution in [3.63, 3.8) is 0 Å². The van der Waals surface area contributed by atoms with E-state index in [2.05, 4.69) is 76.5 Å². The fourth-order valence-electron chi connectivity index (χ4n) is 3.36. The zero-order valence-electron chi connectivity index (χ0n) is 15.6. The van der Waals surface area contributed by atoms with Crippen molar-refractivity contribution in [1.29, 1.82) is 0 Å². The lowest BCUT2D eigenvalue weighted by molar-refractivity contribution is 0.231. The molecule has 0 saturated carbocycles. The number of benzene rings is 1. The first-order valence-corrected chi connectivity index (χ1v) is 9.19. The highest BCUT2D eigenvalue weighted by atomic mass is 15.3. The Morgan fingerprint density at radius 1 is 1.29 bits per heavy atom. The minimum Gasteiger partial charge on any atom is -0.369 e. The Hall–Kier alpha value is -1.75. The molecule has 5 nitrogen and oxygen atoms in total. The summed E-state index contributed by atoms with van der Waals surface area (Å²) in [5.41, 5.74) is 1.31. The number of aliphatic imine (C=N–C) groups is 1. The monoisotopic (exact) mass is 331 g/mol. The third-order valence-electron chi connectivity index (χ3n) is 4.87. The van der Waals surface area contributed by atoms with Gasteiger partial charge in [0.25, 0.3) is 0 Å². The molecular formula is C19H33N5. The van der Waals surface area contributed by atoms with Gasteiger partial charge in [0.05, 0.1) is 0 Å². The number of guanidine groups is 1. The molecule has 0 amide bonds.